The van der Waals surface area contributed by atoms with Crippen molar-refractivity contribution in [3.63, 3.8) is 0 Å². The van der Waals surface area contributed by atoms with Crippen LogP contribution in [0.15, 0.2) is 72.4 Å². The molecule has 30 heavy (non-hydrogen) atoms. The van der Waals surface area contributed by atoms with Crippen LogP contribution in [0.4, 0.5) is 24.5 Å². The third-order valence-corrected chi connectivity index (χ3v) is 4.70. The topological polar surface area (TPSA) is 49.4 Å². The van der Waals surface area contributed by atoms with E-state index in [1.165, 1.54) is 18.2 Å². The van der Waals surface area contributed by atoms with Crippen LogP contribution in [0.3, 0.4) is 0 Å². The number of amides is 2. The monoisotopic (exact) mass is 408 g/mol. The summed E-state index contributed by atoms with van der Waals surface area (Å²) in [5.74, 6) is -3.93. The Kier molecular flexibility index (Phi) is 4.87. The molecule has 1 aliphatic heterocycles. The van der Waals surface area contributed by atoms with Gasteiger partial charge in [0.15, 0.2) is 11.6 Å². The highest BCUT2D eigenvalue weighted by Crippen LogP contribution is 2.34. The standard InChI is InChI=1S/C23H15F3N2O2/c1-13-2-4-14(5-3-13)20-21(27-16-8-11-18(25)19(26)12-16)23(30)28(22(20)29)17-9-6-15(24)7-10-17/h2-12,27H,1H3. The lowest BCUT2D eigenvalue weighted by atomic mass is 10.0. The molecule has 1 heterocycles. The average molecular weight is 408 g/mol. The van der Waals surface area contributed by atoms with Crippen LogP contribution in [0.2, 0.25) is 0 Å². The molecular weight excluding hydrogens is 393 g/mol. The van der Waals surface area contributed by atoms with E-state index >= 15 is 0 Å². The Bertz CT molecular complexity index is 1190. The van der Waals surface area contributed by atoms with Crippen LogP contribution in [0.1, 0.15) is 11.1 Å². The Morgan fingerprint density at radius 1 is 0.767 bits per heavy atom. The van der Waals surface area contributed by atoms with Crippen LogP contribution in [-0.2, 0) is 9.59 Å². The number of halogens is 3. The number of carbonyl (C=O) groups is 2. The van der Waals surface area contributed by atoms with E-state index in [-0.39, 0.29) is 22.6 Å². The molecule has 4 nitrogen and oxygen atoms in total. The van der Waals surface area contributed by atoms with Crippen LogP contribution in [0.5, 0.6) is 0 Å². The molecule has 0 radical (unpaired) electrons. The summed E-state index contributed by atoms with van der Waals surface area (Å²) < 4.78 is 40.2. The van der Waals surface area contributed by atoms with Gasteiger partial charge in [0.1, 0.15) is 11.5 Å². The lowest BCUT2D eigenvalue weighted by Gasteiger charge is -2.15. The quantitative estimate of drug-likeness (QED) is 0.631. The van der Waals surface area contributed by atoms with Gasteiger partial charge >= 0.3 is 0 Å². The molecule has 3 aromatic rings. The third-order valence-electron chi connectivity index (χ3n) is 4.70. The lowest BCUT2D eigenvalue weighted by molar-refractivity contribution is -0.120. The zero-order valence-electron chi connectivity index (χ0n) is 15.7. The first kappa shape index (κ1) is 19.4. The van der Waals surface area contributed by atoms with Gasteiger partial charge in [0.2, 0.25) is 0 Å². The molecule has 0 saturated heterocycles. The Morgan fingerprint density at radius 3 is 2.07 bits per heavy atom. The van der Waals surface area contributed by atoms with Crippen molar-refractivity contribution in [1.82, 2.24) is 0 Å². The first-order chi connectivity index (χ1) is 14.3. The van der Waals surface area contributed by atoms with Crippen LogP contribution < -0.4 is 10.2 Å². The normalized spacial score (nSPS) is 13.9. The minimum Gasteiger partial charge on any atom is -0.350 e. The predicted molar refractivity (Wildman–Crippen MR) is 107 cm³/mol. The lowest BCUT2D eigenvalue weighted by Crippen LogP contribution is -2.32. The van der Waals surface area contributed by atoms with Gasteiger partial charge in [-0.25, -0.2) is 18.1 Å². The molecule has 0 saturated carbocycles. The molecule has 0 spiro atoms. The van der Waals surface area contributed by atoms with Crippen molar-refractivity contribution in [2.75, 3.05) is 10.2 Å². The Balaban J connectivity index is 1.82. The molecule has 150 valence electrons. The van der Waals surface area contributed by atoms with E-state index in [1.54, 1.807) is 24.3 Å². The van der Waals surface area contributed by atoms with E-state index in [1.807, 2.05) is 6.92 Å². The molecule has 7 heteroatoms. The van der Waals surface area contributed by atoms with Gasteiger partial charge < -0.3 is 5.32 Å². The summed E-state index contributed by atoms with van der Waals surface area (Å²) in [6, 6.07) is 15.0. The molecule has 0 unspecified atom stereocenters. The summed E-state index contributed by atoms with van der Waals surface area (Å²) in [6.07, 6.45) is 0. The van der Waals surface area contributed by atoms with Gasteiger partial charge in [-0.1, -0.05) is 29.8 Å². The van der Waals surface area contributed by atoms with E-state index in [0.717, 1.165) is 34.7 Å². The number of carbonyl (C=O) groups excluding carboxylic acids is 2. The van der Waals surface area contributed by atoms with Crippen molar-refractivity contribution in [1.29, 1.82) is 0 Å². The van der Waals surface area contributed by atoms with Crippen molar-refractivity contribution in [2.45, 2.75) is 6.92 Å². The SMILES string of the molecule is Cc1ccc(C2=C(Nc3ccc(F)c(F)c3)C(=O)N(c3ccc(F)cc3)C2=O)cc1. The maximum atomic E-state index is 13.6. The molecular formula is C23H15F3N2O2. The molecule has 0 aliphatic carbocycles. The summed E-state index contributed by atoms with van der Waals surface area (Å²) in [5.41, 5.74) is 1.73. The summed E-state index contributed by atoms with van der Waals surface area (Å²) in [7, 11) is 0. The minimum atomic E-state index is -1.09. The van der Waals surface area contributed by atoms with Crippen molar-refractivity contribution >= 4 is 28.8 Å². The van der Waals surface area contributed by atoms with Gasteiger partial charge in [-0.3, -0.25) is 9.59 Å². The number of aryl methyl sites for hydroxylation is 1. The Morgan fingerprint density at radius 2 is 1.43 bits per heavy atom. The number of nitrogens with zero attached hydrogens (tertiary/aromatic N) is 1. The second kappa shape index (κ2) is 7.51. The van der Waals surface area contributed by atoms with E-state index in [9.17, 15) is 22.8 Å². The van der Waals surface area contributed by atoms with Gasteiger partial charge in [-0.2, -0.15) is 0 Å². The van der Waals surface area contributed by atoms with Crippen molar-refractivity contribution < 1.29 is 22.8 Å². The van der Waals surface area contributed by atoms with Crippen LogP contribution >= 0.6 is 0 Å². The molecule has 1 aliphatic rings. The highest BCUT2D eigenvalue weighted by atomic mass is 19.2. The fourth-order valence-electron chi connectivity index (χ4n) is 3.18. The van der Waals surface area contributed by atoms with E-state index in [2.05, 4.69) is 5.32 Å². The predicted octanol–water partition coefficient (Wildman–Crippen LogP) is 4.81. The number of anilines is 2. The molecule has 4 rings (SSSR count). The number of hydrogen-bond acceptors (Lipinski definition) is 3. The molecule has 0 bridgehead atoms. The Labute approximate surface area is 170 Å². The van der Waals surface area contributed by atoms with Crippen molar-refractivity contribution in [3.8, 4) is 0 Å². The molecule has 1 N–H and O–H groups in total. The summed E-state index contributed by atoms with van der Waals surface area (Å²) >= 11 is 0. The summed E-state index contributed by atoms with van der Waals surface area (Å²) in [5, 5.41) is 2.75. The number of imide groups is 1. The van der Waals surface area contributed by atoms with Gasteiger partial charge in [0.25, 0.3) is 11.8 Å². The van der Waals surface area contributed by atoms with E-state index in [4.69, 9.17) is 0 Å². The number of benzene rings is 3. The van der Waals surface area contributed by atoms with Crippen LogP contribution in [0.25, 0.3) is 5.57 Å². The highest BCUT2D eigenvalue weighted by molar-refractivity contribution is 6.46. The maximum Gasteiger partial charge on any atom is 0.282 e. The first-order valence-electron chi connectivity index (χ1n) is 9.03. The van der Waals surface area contributed by atoms with E-state index < -0.39 is 29.3 Å². The Hall–Kier alpha value is -3.87. The van der Waals surface area contributed by atoms with Crippen LogP contribution in [-0.4, -0.2) is 11.8 Å². The summed E-state index contributed by atoms with van der Waals surface area (Å²) in [6.45, 7) is 1.88. The van der Waals surface area contributed by atoms with Crippen molar-refractivity contribution in [2.24, 2.45) is 0 Å². The van der Waals surface area contributed by atoms with Gasteiger partial charge in [0.05, 0.1) is 11.3 Å². The fourth-order valence-corrected chi connectivity index (χ4v) is 3.18. The second-order valence-electron chi connectivity index (χ2n) is 6.79. The molecule has 2 amide bonds. The molecule has 0 fully saturated rings. The third kappa shape index (κ3) is 3.45. The second-order valence-corrected chi connectivity index (χ2v) is 6.79. The maximum absolute atomic E-state index is 13.6. The number of hydrogen-bond donors (Lipinski definition) is 1. The summed E-state index contributed by atoms with van der Waals surface area (Å²) in [4.78, 5) is 27.2. The smallest absolute Gasteiger partial charge is 0.282 e. The number of nitrogens with one attached hydrogen (secondary N) is 1. The fraction of sp³-hybridized carbons (Fsp3) is 0.0435. The first-order valence-corrected chi connectivity index (χ1v) is 9.03. The average Bonchev–Trinajstić information content (AvgIpc) is 2.96. The number of rotatable bonds is 4. The zero-order valence-corrected chi connectivity index (χ0v) is 15.7. The van der Waals surface area contributed by atoms with Gasteiger partial charge in [0, 0.05) is 11.8 Å². The minimum absolute atomic E-state index is 0.0778. The molecule has 0 atom stereocenters. The van der Waals surface area contributed by atoms with E-state index in [0.29, 0.717) is 5.56 Å². The van der Waals surface area contributed by atoms with Gasteiger partial charge in [-0.05, 0) is 48.9 Å². The molecule has 0 aromatic heterocycles. The van der Waals surface area contributed by atoms with Gasteiger partial charge in [-0.15, -0.1) is 0 Å². The zero-order chi connectivity index (χ0) is 21.4. The van der Waals surface area contributed by atoms with Crippen molar-refractivity contribution in [3.05, 3.63) is 101 Å². The molecule has 3 aromatic carbocycles. The largest absolute Gasteiger partial charge is 0.350 e. The highest BCUT2D eigenvalue weighted by Gasteiger charge is 2.40. The van der Waals surface area contributed by atoms with Crippen LogP contribution in [0, 0.1) is 24.4 Å².